The van der Waals surface area contributed by atoms with Crippen LogP contribution in [0.1, 0.15) is 127 Å². The summed E-state index contributed by atoms with van der Waals surface area (Å²) in [6, 6.07) is 11.9. The average molecular weight is 627 g/mol. The van der Waals surface area contributed by atoms with Gasteiger partial charge in [0.25, 0.3) is 0 Å². The molecule has 4 rings (SSSR count). The van der Waals surface area contributed by atoms with Crippen molar-refractivity contribution in [2.75, 3.05) is 5.32 Å². The summed E-state index contributed by atoms with van der Waals surface area (Å²) in [5.74, 6) is 0.478. The fourth-order valence-corrected chi connectivity index (χ4v) is 9.91. The number of carbonyl (C=O) groups is 3. The van der Waals surface area contributed by atoms with E-state index in [9.17, 15) is 19.6 Å². The number of ketones is 2. The van der Waals surface area contributed by atoms with Gasteiger partial charge in [0.15, 0.2) is 11.6 Å². The Labute approximate surface area is 278 Å². The quantitative estimate of drug-likeness (QED) is 0.276. The molecule has 5 atom stereocenters. The van der Waals surface area contributed by atoms with E-state index in [-0.39, 0.29) is 50.6 Å². The molecule has 3 aliphatic rings. The summed E-state index contributed by atoms with van der Waals surface area (Å²) in [5.41, 5.74) is 0.693. The van der Waals surface area contributed by atoms with E-state index < -0.39 is 10.8 Å². The highest BCUT2D eigenvalue weighted by Gasteiger charge is 2.61. The van der Waals surface area contributed by atoms with E-state index in [4.69, 9.17) is 0 Å². The minimum Gasteiger partial charge on any atom is -0.326 e. The van der Waals surface area contributed by atoms with Crippen LogP contribution in [0.5, 0.6) is 0 Å². The molecule has 5 heteroatoms. The van der Waals surface area contributed by atoms with E-state index in [1.165, 1.54) is 0 Å². The lowest BCUT2D eigenvalue weighted by molar-refractivity contribution is -0.131. The molecule has 46 heavy (non-hydrogen) atoms. The van der Waals surface area contributed by atoms with Crippen LogP contribution in [0.2, 0.25) is 0 Å². The second-order valence-corrected chi connectivity index (χ2v) is 17.5. The standard InChI is InChI=1S/C41H58N2O3/c1-28-25-36(3,4)20-22-41(28,19-17-34(45)43-31-14-12-11-13-15-31)23-21-37(5,6)40(10)18-16-32-38(7,8)35(46)30(27-42)26-39(32,9)33(40)24-29(2)44/h11-15,24,26,28,32H,16-23,25H2,1-10H3,(H,43,45)/b33-24-/t28?,32-,39-,40+,41+/m0/s1. The summed E-state index contributed by atoms with van der Waals surface area (Å²) in [4.78, 5) is 39.4. The maximum atomic E-state index is 13.4. The summed E-state index contributed by atoms with van der Waals surface area (Å²) in [6.45, 7) is 21.9. The van der Waals surface area contributed by atoms with E-state index in [1.807, 2.05) is 56.3 Å². The normalized spacial score (nSPS) is 33.0. The molecule has 0 radical (unpaired) electrons. The number of nitrogens with one attached hydrogen (secondary N) is 1. The van der Waals surface area contributed by atoms with Gasteiger partial charge in [-0.1, -0.05) is 92.2 Å². The number of hydrogen-bond donors (Lipinski definition) is 1. The van der Waals surface area contributed by atoms with Gasteiger partial charge in [-0.2, -0.15) is 5.26 Å². The van der Waals surface area contributed by atoms with Gasteiger partial charge in [0.2, 0.25) is 5.91 Å². The number of rotatable bonds is 9. The molecule has 5 nitrogen and oxygen atoms in total. The second kappa shape index (κ2) is 12.6. The molecule has 1 aromatic carbocycles. The molecule has 0 aromatic heterocycles. The molecule has 0 heterocycles. The minimum absolute atomic E-state index is 0.00421. The number of Topliss-reactive ketones (excluding diaryl/α,β-unsaturated/α-hetero) is 1. The summed E-state index contributed by atoms with van der Waals surface area (Å²) in [6.07, 6.45) is 12.2. The molecule has 250 valence electrons. The van der Waals surface area contributed by atoms with Gasteiger partial charge < -0.3 is 5.32 Å². The first-order valence-electron chi connectivity index (χ1n) is 17.5. The second-order valence-electron chi connectivity index (χ2n) is 17.5. The largest absolute Gasteiger partial charge is 0.326 e. The summed E-state index contributed by atoms with van der Waals surface area (Å²) in [5, 5.41) is 13.1. The fourth-order valence-electron chi connectivity index (χ4n) is 9.91. The van der Waals surface area contributed by atoms with Crippen molar-refractivity contribution in [3.63, 3.8) is 0 Å². The topological polar surface area (TPSA) is 87.0 Å². The highest BCUT2D eigenvalue weighted by Crippen LogP contribution is 2.67. The predicted molar refractivity (Wildman–Crippen MR) is 187 cm³/mol. The van der Waals surface area contributed by atoms with E-state index >= 15 is 0 Å². The van der Waals surface area contributed by atoms with Crippen LogP contribution < -0.4 is 5.32 Å². The van der Waals surface area contributed by atoms with Crippen molar-refractivity contribution in [1.29, 1.82) is 5.26 Å². The van der Waals surface area contributed by atoms with Gasteiger partial charge in [-0.15, -0.1) is 0 Å². The molecule has 0 bridgehead atoms. The maximum absolute atomic E-state index is 13.4. The van der Waals surface area contributed by atoms with Crippen LogP contribution in [-0.2, 0) is 14.4 Å². The van der Waals surface area contributed by atoms with Gasteiger partial charge in [-0.25, -0.2) is 0 Å². The van der Waals surface area contributed by atoms with E-state index in [1.54, 1.807) is 6.92 Å². The Morgan fingerprint density at radius 3 is 2.26 bits per heavy atom. The third-order valence-electron chi connectivity index (χ3n) is 13.3. The summed E-state index contributed by atoms with van der Waals surface area (Å²) < 4.78 is 0. The number of carbonyl (C=O) groups excluding carboxylic acids is 3. The van der Waals surface area contributed by atoms with Crippen LogP contribution in [0.4, 0.5) is 5.69 Å². The predicted octanol–water partition coefficient (Wildman–Crippen LogP) is 10.0. The monoisotopic (exact) mass is 626 g/mol. The van der Waals surface area contributed by atoms with Gasteiger partial charge in [-0.3, -0.25) is 14.4 Å². The van der Waals surface area contributed by atoms with Gasteiger partial charge >= 0.3 is 0 Å². The van der Waals surface area contributed by atoms with Crippen molar-refractivity contribution >= 4 is 23.2 Å². The Morgan fingerprint density at radius 2 is 1.67 bits per heavy atom. The van der Waals surface area contributed by atoms with E-state index in [0.717, 1.165) is 62.6 Å². The smallest absolute Gasteiger partial charge is 0.224 e. The number of anilines is 1. The molecular weight excluding hydrogens is 568 g/mol. The molecule has 0 saturated heterocycles. The number of benzene rings is 1. The van der Waals surface area contributed by atoms with Crippen LogP contribution >= 0.6 is 0 Å². The lowest BCUT2D eigenvalue weighted by Gasteiger charge is -2.61. The first-order chi connectivity index (χ1) is 21.2. The van der Waals surface area contributed by atoms with E-state index in [0.29, 0.717) is 12.3 Å². The van der Waals surface area contributed by atoms with Crippen LogP contribution in [0.15, 0.2) is 53.6 Å². The highest BCUT2D eigenvalue weighted by molar-refractivity contribution is 6.04. The number of nitrogens with zero attached hydrogens (tertiary/aromatic N) is 1. The zero-order chi connectivity index (χ0) is 34.3. The Kier molecular flexibility index (Phi) is 9.78. The average Bonchev–Trinajstić information content (AvgIpc) is 2.96. The molecule has 2 saturated carbocycles. The Hall–Kier alpha value is -3.00. The van der Waals surface area contributed by atoms with Crippen LogP contribution in [0.3, 0.4) is 0 Å². The zero-order valence-electron chi connectivity index (χ0n) is 30.2. The zero-order valence-corrected chi connectivity index (χ0v) is 30.2. The van der Waals surface area contributed by atoms with Gasteiger partial charge in [0.1, 0.15) is 6.07 Å². The molecule has 1 unspecified atom stereocenters. The molecule has 2 fully saturated rings. The van der Waals surface area contributed by atoms with Crippen molar-refractivity contribution in [3.8, 4) is 6.07 Å². The summed E-state index contributed by atoms with van der Waals surface area (Å²) in [7, 11) is 0. The van der Waals surface area contributed by atoms with Crippen LogP contribution in [0.25, 0.3) is 0 Å². The number of allylic oxidation sites excluding steroid dienone is 4. The number of fused-ring (bicyclic) bond motifs is 1. The molecule has 0 spiro atoms. The van der Waals surface area contributed by atoms with Gasteiger partial charge in [0, 0.05) is 22.9 Å². The van der Waals surface area contributed by atoms with Crippen molar-refractivity contribution in [3.05, 3.63) is 53.6 Å². The molecule has 1 aromatic rings. The van der Waals surface area contributed by atoms with Crippen LogP contribution in [-0.4, -0.2) is 17.5 Å². The van der Waals surface area contributed by atoms with Crippen molar-refractivity contribution in [2.45, 2.75) is 127 Å². The Morgan fingerprint density at radius 1 is 1.02 bits per heavy atom. The molecule has 3 aliphatic carbocycles. The number of hydrogen-bond acceptors (Lipinski definition) is 4. The molecule has 1 N–H and O–H groups in total. The van der Waals surface area contributed by atoms with Crippen LogP contribution in [0, 0.1) is 55.7 Å². The molecule has 0 aliphatic heterocycles. The number of amides is 1. The minimum atomic E-state index is -0.690. The maximum Gasteiger partial charge on any atom is 0.224 e. The van der Waals surface area contributed by atoms with Crippen molar-refractivity contribution in [2.24, 2.45) is 44.3 Å². The Balaban J connectivity index is 1.66. The first-order valence-corrected chi connectivity index (χ1v) is 17.5. The third-order valence-corrected chi connectivity index (χ3v) is 13.3. The van der Waals surface area contributed by atoms with E-state index in [2.05, 4.69) is 59.9 Å². The van der Waals surface area contributed by atoms with Crippen molar-refractivity contribution < 1.29 is 14.4 Å². The molecular formula is C41H58N2O3. The number of para-hydroxylation sites is 1. The number of nitriles is 1. The van der Waals surface area contributed by atoms with Crippen molar-refractivity contribution in [1.82, 2.24) is 0 Å². The fraction of sp³-hybridized carbons (Fsp3) is 0.659. The van der Waals surface area contributed by atoms with Gasteiger partial charge in [0.05, 0.1) is 5.57 Å². The molecule has 1 amide bonds. The third kappa shape index (κ3) is 6.56. The lowest BCUT2D eigenvalue weighted by Crippen LogP contribution is -2.56. The lowest BCUT2D eigenvalue weighted by atomic mass is 9.42. The van der Waals surface area contributed by atoms with Gasteiger partial charge in [-0.05, 0) is 110 Å². The first kappa shape index (κ1) is 35.8. The summed E-state index contributed by atoms with van der Waals surface area (Å²) >= 11 is 0. The SMILES string of the molecule is CC(=O)/C=C1/[C@@]2(C)C=C(C#N)C(=O)C(C)(C)[C@@H]2CC[C@@]1(C)C(C)(C)CC[C@@]1(CCC(=O)Nc2ccccc2)CCC(C)(C)CC1C. The Bertz CT molecular complexity index is 1460. The highest BCUT2D eigenvalue weighted by atomic mass is 16.1.